The Bertz CT molecular complexity index is 885. The quantitative estimate of drug-likeness (QED) is 0.613. The molecule has 0 aliphatic heterocycles. The molecule has 2 aromatic rings. The molecular formula is C22H30ClN3O3. The van der Waals surface area contributed by atoms with Crippen LogP contribution in [-0.4, -0.2) is 39.1 Å². The molecule has 0 bridgehead atoms. The Morgan fingerprint density at radius 2 is 1.93 bits per heavy atom. The second-order valence-electron chi connectivity index (χ2n) is 8.78. The Kier molecular flexibility index (Phi) is 6.11. The lowest BCUT2D eigenvalue weighted by molar-refractivity contribution is -0.118. The maximum absolute atomic E-state index is 11.2. The standard InChI is InChI=1S/C22H30ClN3O3/c1-13(10-14(2)27)12-28-16-6-8-17(9-7-16)29-22-25-18-11-24-20(15-4-5-15)19(23)21(18)26(22)3/h11,13,15-17H,4-10,12H2,1-3H3/t13-,16?,17?/m1/s1. The second kappa shape index (κ2) is 8.60. The van der Waals surface area contributed by atoms with Crippen LogP contribution < -0.4 is 4.74 Å². The van der Waals surface area contributed by atoms with Crippen molar-refractivity contribution in [3.05, 3.63) is 16.9 Å². The Hall–Kier alpha value is -1.66. The summed E-state index contributed by atoms with van der Waals surface area (Å²) in [5, 5.41) is 0.714. The largest absolute Gasteiger partial charge is 0.461 e. The summed E-state index contributed by atoms with van der Waals surface area (Å²) in [6, 6.07) is 0.607. The summed E-state index contributed by atoms with van der Waals surface area (Å²) in [7, 11) is 1.96. The van der Waals surface area contributed by atoms with E-state index >= 15 is 0 Å². The van der Waals surface area contributed by atoms with Gasteiger partial charge in [-0.05, 0) is 51.4 Å². The van der Waals surface area contributed by atoms with Gasteiger partial charge in [-0.25, -0.2) is 0 Å². The lowest BCUT2D eigenvalue weighted by atomic mass is 9.95. The molecule has 2 aromatic heterocycles. The minimum Gasteiger partial charge on any atom is -0.461 e. The maximum Gasteiger partial charge on any atom is 0.297 e. The van der Waals surface area contributed by atoms with Crippen molar-refractivity contribution in [2.24, 2.45) is 13.0 Å². The Balaban J connectivity index is 1.34. The first-order valence-electron chi connectivity index (χ1n) is 10.7. The van der Waals surface area contributed by atoms with E-state index in [1.54, 1.807) is 6.92 Å². The van der Waals surface area contributed by atoms with Crippen molar-refractivity contribution >= 4 is 28.4 Å². The first-order chi connectivity index (χ1) is 13.9. The van der Waals surface area contributed by atoms with Gasteiger partial charge in [0.05, 0.1) is 28.5 Å². The van der Waals surface area contributed by atoms with Crippen LogP contribution in [0.25, 0.3) is 11.0 Å². The van der Waals surface area contributed by atoms with Crippen LogP contribution in [0.3, 0.4) is 0 Å². The molecule has 0 aromatic carbocycles. The van der Waals surface area contributed by atoms with Gasteiger partial charge in [0.25, 0.3) is 6.01 Å². The monoisotopic (exact) mass is 419 g/mol. The van der Waals surface area contributed by atoms with E-state index in [0.29, 0.717) is 30.0 Å². The van der Waals surface area contributed by atoms with Crippen molar-refractivity contribution in [3.8, 4) is 6.01 Å². The zero-order valence-corrected chi connectivity index (χ0v) is 18.2. The van der Waals surface area contributed by atoms with E-state index in [1.807, 2.05) is 17.8 Å². The summed E-state index contributed by atoms with van der Waals surface area (Å²) in [5.74, 6) is 1.00. The maximum atomic E-state index is 11.2. The van der Waals surface area contributed by atoms with Crippen LogP contribution in [0, 0.1) is 5.92 Å². The number of ether oxygens (including phenoxy) is 2. The van der Waals surface area contributed by atoms with Gasteiger partial charge in [-0.1, -0.05) is 18.5 Å². The number of aromatic nitrogens is 3. The van der Waals surface area contributed by atoms with E-state index < -0.39 is 0 Å². The summed E-state index contributed by atoms with van der Waals surface area (Å²) in [5.41, 5.74) is 2.69. The van der Waals surface area contributed by atoms with Crippen molar-refractivity contribution in [2.75, 3.05) is 6.61 Å². The molecule has 6 nitrogen and oxygen atoms in total. The number of pyridine rings is 1. The highest BCUT2D eigenvalue weighted by Crippen LogP contribution is 2.44. The number of halogens is 1. The summed E-state index contributed by atoms with van der Waals surface area (Å²) in [6.45, 7) is 4.35. The number of aryl methyl sites for hydroxylation is 1. The molecule has 2 aliphatic carbocycles. The normalized spacial score (nSPS) is 23.3. The van der Waals surface area contributed by atoms with E-state index in [4.69, 9.17) is 21.1 Å². The first kappa shape index (κ1) is 20.6. The highest BCUT2D eigenvalue weighted by atomic mass is 35.5. The van der Waals surface area contributed by atoms with E-state index in [0.717, 1.165) is 55.3 Å². The fourth-order valence-corrected chi connectivity index (χ4v) is 4.65. The van der Waals surface area contributed by atoms with Crippen molar-refractivity contribution in [2.45, 2.75) is 76.9 Å². The lowest BCUT2D eigenvalue weighted by Gasteiger charge is -2.29. The predicted molar refractivity (Wildman–Crippen MR) is 113 cm³/mol. The number of carbonyl (C=O) groups excluding carboxylic acids is 1. The molecule has 4 rings (SSSR count). The van der Waals surface area contributed by atoms with Crippen LogP contribution in [0.2, 0.25) is 5.02 Å². The number of carbonyl (C=O) groups is 1. The Morgan fingerprint density at radius 3 is 2.59 bits per heavy atom. The minimum absolute atomic E-state index is 0.134. The van der Waals surface area contributed by atoms with Crippen LogP contribution in [0.5, 0.6) is 6.01 Å². The SMILES string of the molecule is CC(=O)C[C@@H](C)COC1CCC(Oc2nc3cnc(C4CC4)c(Cl)c3n2C)CC1. The summed E-state index contributed by atoms with van der Waals surface area (Å²) < 4.78 is 14.2. The van der Waals surface area contributed by atoms with Gasteiger partial charge in [0.2, 0.25) is 0 Å². The second-order valence-corrected chi connectivity index (χ2v) is 9.16. The number of rotatable bonds is 8. The van der Waals surface area contributed by atoms with Gasteiger partial charge in [-0.2, -0.15) is 4.98 Å². The van der Waals surface area contributed by atoms with Crippen LogP contribution in [0.4, 0.5) is 0 Å². The molecule has 0 saturated heterocycles. The summed E-state index contributed by atoms with van der Waals surface area (Å²) in [4.78, 5) is 20.4. The Morgan fingerprint density at radius 1 is 1.24 bits per heavy atom. The van der Waals surface area contributed by atoms with E-state index in [1.165, 1.54) is 0 Å². The molecule has 2 saturated carbocycles. The molecule has 7 heteroatoms. The van der Waals surface area contributed by atoms with Crippen LogP contribution in [-0.2, 0) is 16.6 Å². The van der Waals surface area contributed by atoms with E-state index in [9.17, 15) is 4.79 Å². The number of ketones is 1. The third kappa shape index (κ3) is 4.75. The number of hydrogen-bond donors (Lipinski definition) is 0. The van der Waals surface area contributed by atoms with E-state index in [2.05, 4.69) is 16.9 Å². The van der Waals surface area contributed by atoms with Gasteiger partial charge < -0.3 is 14.3 Å². The van der Waals surface area contributed by atoms with Crippen molar-refractivity contribution in [3.63, 3.8) is 0 Å². The molecule has 29 heavy (non-hydrogen) atoms. The van der Waals surface area contributed by atoms with Crippen LogP contribution in [0.15, 0.2) is 6.20 Å². The molecule has 158 valence electrons. The molecule has 2 aliphatic rings. The van der Waals surface area contributed by atoms with Gasteiger partial charge in [0.15, 0.2) is 0 Å². The van der Waals surface area contributed by atoms with Gasteiger partial charge >= 0.3 is 0 Å². The molecular weight excluding hydrogens is 390 g/mol. The number of imidazole rings is 1. The first-order valence-corrected chi connectivity index (χ1v) is 11.1. The topological polar surface area (TPSA) is 66.2 Å². The number of Topliss-reactive ketones (excluding diaryl/α,β-unsaturated/α-hetero) is 1. The predicted octanol–water partition coefficient (Wildman–Crippen LogP) is 4.82. The zero-order valence-electron chi connectivity index (χ0n) is 17.5. The lowest BCUT2D eigenvalue weighted by Crippen LogP contribution is -2.30. The average molecular weight is 420 g/mol. The molecule has 0 unspecified atom stereocenters. The third-order valence-corrected chi connectivity index (χ3v) is 6.32. The molecule has 0 N–H and O–H groups in total. The van der Waals surface area contributed by atoms with Gasteiger partial charge in [-0.15, -0.1) is 0 Å². The highest BCUT2D eigenvalue weighted by Gasteiger charge is 2.30. The van der Waals surface area contributed by atoms with Crippen LogP contribution in [0.1, 0.15) is 70.4 Å². The third-order valence-electron chi connectivity index (χ3n) is 5.95. The molecule has 0 radical (unpaired) electrons. The van der Waals surface area contributed by atoms with E-state index in [-0.39, 0.29) is 23.9 Å². The van der Waals surface area contributed by atoms with Gasteiger partial charge in [-0.3, -0.25) is 9.55 Å². The van der Waals surface area contributed by atoms with Crippen molar-refractivity contribution < 1.29 is 14.3 Å². The smallest absolute Gasteiger partial charge is 0.297 e. The molecule has 0 amide bonds. The Labute approximate surface area is 176 Å². The van der Waals surface area contributed by atoms with Gasteiger partial charge in [0.1, 0.15) is 17.4 Å². The zero-order chi connectivity index (χ0) is 20.5. The van der Waals surface area contributed by atoms with Crippen molar-refractivity contribution in [1.29, 1.82) is 0 Å². The minimum atomic E-state index is 0.134. The number of nitrogens with zero attached hydrogens (tertiary/aromatic N) is 3. The molecule has 2 heterocycles. The number of fused-ring (bicyclic) bond motifs is 1. The van der Waals surface area contributed by atoms with Crippen LogP contribution >= 0.6 is 11.6 Å². The fraction of sp³-hybridized carbons (Fsp3) is 0.682. The molecule has 0 spiro atoms. The van der Waals surface area contributed by atoms with Crippen molar-refractivity contribution in [1.82, 2.24) is 14.5 Å². The average Bonchev–Trinajstić information content (AvgIpc) is 3.46. The number of hydrogen-bond acceptors (Lipinski definition) is 5. The summed E-state index contributed by atoms with van der Waals surface area (Å²) >= 11 is 6.63. The summed E-state index contributed by atoms with van der Waals surface area (Å²) in [6.07, 6.45) is 8.93. The fourth-order valence-electron chi connectivity index (χ4n) is 4.22. The van der Waals surface area contributed by atoms with Gasteiger partial charge in [0, 0.05) is 26.0 Å². The highest BCUT2D eigenvalue weighted by molar-refractivity contribution is 6.35. The molecule has 2 fully saturated rings. The molecule has 1 atom stereocenters.